The number of fused-ring (bicyclic) bond motifs is 1. The first-order chi connectivity index (χ1) is 10.4. The van der Waals surface area contributed by atoms with E-state index in [1.165, 1.54) is 30.4 Å². The van der Waals surface area contributed by atoms with E-state index < -0.39 is 10.0 Å². The molecule has 0 aromatic carbocycles. The number of nitrogens with zero attached hydrogens (tertiary/aromatic N) is 3. The largest absolute Gasteiger partial charge is 0.356 e. The average Bonchev–Trinajstić information content (AvgIpc) is 2.45. The smallest absolute Gasteiger partial charge is 0.208 e. The number of aryl methyl sites for hydroxylation is 2. The fourth-order valence-corrected chi connectivity index (χ4v) is 4.31. The van der Waals surface area contributed by atoms with Crippen LogP contribution in [0.25, 0.3) is 0 Å². The summed E-state index contributed by atoms with van der Waals surface area (Å²) >= 11 is 0. The van der Waals surface area contributed by atoms with Crippen LogP contribution in [0.2, 0.25) is 0 Å². The van der Waals surface area contributed by atoms with Gasteiger partial charge >= 0.3 is 0 Å². The van der Waals surface area contributed by atoms with Gasteiger partial charge in [-0.2, -0.15) is 0 Å². The lowest BCUT2D eigenvalue weighted by Gasteiger charge is -2.35. The summed E-state index contributed by atoms with van der Waals surface area (Å²) in [4.78, 5) is 11.6. The molecule has 0 radical (unpaired) electrons. The molecule has 0 amide bonds. The highest BCUT2D eigenvalue weighted by Gasteiger charge is 2.26. The molecule has 22 heavy (non-hydrogen) atoms. The van der Waals surface area contributed by atoms with Gasteiger partial charge in [-0.15, -0.1) is 0 Å². The molecule has 0 saturated carbocycles. The molecule has 0 atom stereocenters. The average molecular weight is 324 g/mol. The number of sulfonamides is 1. The van der Waals surface area contributed by atoms with Crippen LogP contribution in [0.1, 0.15) is 42.8 Å². The molecular weight excluding hydrogens is 300 g/mol. The zero-order chi connectivity index (χ0) is 15.7. The predicted octanol–water partition coefficient (Wildman–Crippen LogP) is 1.18. The molecule has 122 valence electrons. The number of rotatable bonds is 3. The van der Waals surface area contributed by atoms with Gasteiger partial charge in [-0.05, 0) is 45.4 Å². The van der Waals surface area contributed by atoms with Crippen LogP contribution in [-0.4, -0.2) is 43.8 Å². The molecule has 0 spiro atoms. The molecule has 1 aromatic heterocycles. The van der Waals surface area contributed by atoms with E-state index in [2.05, 4.69) is 19.6 Å². The van der Waals surface area contributed by atoms with Crippen molar-refractivity contribution >= 4 is 15.8 Å². The maximum atomic E-state index is 11.3. The minimum absolute atomic E-state index is 0.0463. The van der Waals surface area contributed by atoms with Crippen LogP contribution in [0.3, 0.4) is 0 Å². The number of anilines is 1. The minimum Gasteiger partial charge on any atom is -0.356 e. The Morgan fingerprint density at radius 1 is 1.14 bits per heavy atom. The number of nitrogens with one attached hydrogen (secondary N) is 1. The van der Waals surface area contributed by atoms with Gasteiger partial charge < -0.3 is 4.90 Å². The van der Waals surface area contributed by atoms with Gasteiger partial charge in [0.1, 0.15) is 11.6 Å². The van der Waals surface area contributed by atoms with E-state index in [9.17, 15) is 8.42 Å². The summed E-state index contributed by atoms with van der Waals surface area (Å²) in [6.45, 7) is 3.64. The van der Waals surface area contributed by atoms with Crippen LogP contribution in [0, 0.1) is 6.92 Å². The second-order valence-corrected chi connectivity index (χ2v) is 8.16. The Kier molecular flexibility index (Phi) is 4.36. The molecule has 7 heteroatoms. The SMILES string of the molecule is Cc1nc2c(c(N3CCC(NS(C)(=O)=O)CC3)n1)CCCC2. The normalized spacial score (nSPS) is 20.0. The summed E-state index contributed by atoms with van der Waals surface area (Å²) in [7, 11) is -3.12. The third kappa shape index (κ3) is 3.57. The third-order valence-corrected chi connectivity index (χ3v) is 5.21. The zero-order valence-corrected chi connectivity index (χ0v) is 14.1. The van der Waals surface area contributed by atoms with Crippen molar-refractivity contribution in [2.45, 2.75) is 51.5 Å². The van der Waals surface area contributed by atoms with Crippen molar-refractivity contribution in [3.63, 3.8) is 0 Å². The van der Waals surface area contributed by atoms with Crippen LogP contribution < -0.4 is 9.62 Å². The van der Waals surface area contributed by atoms with Crippen molar-refractivity contribution < 1.29 is 8.42 Å². The Hall–Kier alpha value is -1.21. The van der Waals surface area contributed by atoms with Crippen molar-refractivity contribution in [1.29, 1.82) is 0 Å². The second-order valence-electron chi connectivity index (χ2n) is 6.38. The fourth-order valence-electron chi connectivity index (χ4n) is 3.47. The van der Waals surface area contributed by atoms with Crippen molar-refractivity contribution in [2.75, 3.05) is 24.2 Å². The van der Waals surface area contributed by atoms with E-state index in [0.717, 1.165) is 50.4 Å². The highest BCUT2D eigenvalue weighted by Crippen LogP contribution is 2.29. The first-order valence-electron chi connectivity index (χ1n) is 8.01. The molecule has 2 aliphatic rings. The lowest BCUT2D eigenvalue weighted by atomic mass is 9.95. The summed E-state index contributed by atoms with van der Waals surface area (Å²) in [6.07, 6.45) is 7.41. The maximum absolute atomic E-state index is 11.3. The Balaban J connectivity index is 1.75. The van der Waals surface area contributed by atoms with Crippen LogP contribution in [0.5, 0.6) is 0 Å². The summed E-state index contributed by atoms with van der Waals surface area (Å²) in [5.74, 6) is 1.92. The van der Waals surface area contributed by atoms with Crippen LogP contribution in [-0.2, 0) is 22.9 Å². The Labute approximate surface area is 132 Å². The quantitative estimate of drug-likeness (QED) is 0.904. The molecule has 6 nitrogen and oxygen atoms in total. The molecule has 1 fully saturated rings. The minimum atomic E-state index is -3.12. The molecule has 1 aromatic rings. The van der Waals surface area contributed by atoms with Gasteiger partial charge in [-0.3, -0.25) is 0 Å². The molecule has 0 unspecified atom stereocenters. The predicted molar refractivity (Wildman–Crippen MR) is 86.6 cm³/mol. The molecule has 3 rings (SSSR count). The van der Waals surface area contributed by atoms with Gasteiger partial charge in [0.15, 0.2) is 0 Å². The highest BCUT2D eigenvalue weighted by molar-refractivity contribution is 7.88. The molecule has 2 heterocycles. The maximum Gasteiger partial charge on any atom is 0.208 e. The van der Waals surface area contributed by atoms with E-state index in [0.29, 0.717) is 0 Å². The molecule has 1 saturated heterocycles. The highest BCUT2D eigenvalue weighted by atomic mass is 32.2. The monoisotopic (exact) mass is 324 g/mol. The molecular formula is C15H24N4O2S. The van der Waals surface area contributed by atoms with Crippen molar-refractivity contribution in [3.05, 3.63) is 17.1 Å². The third-order valence-electron chi connectivity index (χ3n) is 4.45. The number of aromatic nitrogens is 2. The number of hydrogen-bond donors (Lipinski definition) is 1. The first-order valence-corrected chi connectivity index (χ1v) is 9.90. The second kappa shape index (κ2) is 6.12. The van der Waals surface area contributed by atoms with E-state index in [4.69, 9.17) is 0 Å². The van der Waals surface area contributed by atoms with E-state index >= 15 is 0 Å². The van der Waals surface area contributed by atoms with Crippen LogP contribution in [0.15, 0.2) is 0 Å². The Morgan fingerprint density at radius 2 is 1.82 bits per heavy atom. The van der Waals surface area contributed by atoms with Gasteiger partial charge in [-0.25, -0.2) is 23.1 Å². The fraction of sp³-hybridized carbons (Fsp3) is 0.733. The van der Waals surface area contributed by atoms with E-state index in [1.54, 1.807) is 0 Å². The van der Waals surface area contributed by atoms with Crippen molar-refractivity contribution in [1.82, 2.24) is 14.7 Å². The summed E-state index contributed by atoms with van der Waals surface area (Å²) in [6, 6.07) is 0.0463. The van der Waals surface area contributed by atoms with Crippen molar-refractivity contribution in [3.8, 4) is 0 Å². The van der Waals surface area contributed by atoms with Crippen molar-refractivity contribution in [2.24, 2.45) is 0 Å². The van der Waals surface area contributed by atoms with E-state index in [-0.39, 0.29) is 6.04 Å². The first kappa shape index (κ1) is 15.7. The van der Waals surface area contributed by atoms with Gasteiger partial charge in [0.05, 0.1) is 6.26 Å². The zero-order valence-electron chi connectivity index (χ0n) is 13.3. The summed E-state index contributed by atoms with van der Waals surface area (Å²) in [5.41, 5.74) is 2.52. The Morgan fingerprint density at radius 3 is 2.50 bits per heavy atom. The summed E-state index contributed by atoms with van der Waals surface area (Å²) < 4.78 is 25.4. The molecule has 1 N–H and O–H groups in total. The van der Waals surface area contributed by atoms with Gasteiger partial charge in [0.25, 0.3) is 0 Å². The lowest BCUT2D eigenvalue weighted by Crippen LogP contribution is -2.45. The summed E-state index contributed by atoms with van der Waals surface area (Å²) in [5, 5.41) is 0. The molecule has 0 bridgehead atoms. The molecule has 1 aliphatic heterocycles. The van der Waals surface area contributed by atoms with Crippen LogP contribution in [0.4, 0.5) is 5.82 Å². The van der Waals surface area contributed by atoms with Gasteiger partial charge in [0, 0.05) is 30.4 Å². The van der Waals surface area contributed by atoms with Gasteiger partial charge in [-0.1, -0.05) is 0 Å². The van der Waals surface area contributed by atoms with Crippen LogP contribution >= 0.6 is 0 Å². The Bertz CT molecular complexity index is 652. The topological polar surface area (TPSA) is 75.2 Å². The number of piperidine rings is 1. The molecule has 1 aliphatic carbocycles. The lowest BCUT2D eigenvalue weighted by molar-refractivity contribution is 0.458. The van der Waals surface area contributed by atoms with Gasteiger partial charge in [0.2, 0.25) is 10.0 Å². The number of hydrogen-bond acceptors (Lipinski definition) is 5. The standard InChI is InChI=1S/C15H24N4O2S/c1-11-16-14-6-4-3-5-13(14)15(17-11)19-9-7-12(8-10-19)18-22(2,20)21/h12,18H,3-10H2,1-2H3. The van der Waals surface area contributed by atoms with E-state index in [1.807, 2.05) is 6.92 Å².